The van der Waals surface area contributed by atoms with Gasteiger partial charge in [-0.05, 0) is 36.2 Å². The third kappa shape index (κ3) is 3.85. The Hall–Kier alpha value is -2.76. The molecule has 0 atom stereocenters. The summed E-state index contributed by atoms with van der Waals surface area (Å²) in [7, 11) is 1.64. The Kier molecular flexibility index (Phi) is 4.61. The molecular weight excluding hydrogens is 270 g/mol. The summed E-state index contributed by atoms with van der Waals surface area (Å²) < 4.78 is 5.17. The van der Waals surface area contributed by atoms with Crippen LogP contribution in [0.4, 0.5) is 17.1 Å². The smallest absolute Gasteiger partial charge is 0.292 e. The van der Waals surface area contributed by atoms with Crippen LogP contribution in [0, 0.1) is 10.1 Å². The summed E-state index contributed by atoms with van der Waals surface area (Å²) in [6.07, 6.45) is 0.814. The number of nitrogens with two attached hydrogens (primary N) is 1. The summed E-state index contributed by atoms with van der Waals surface area (Å²) in [5.74, 6) is 0.826. The Morgan fingerprint density at radius 2 is 2.10 bits per heavy atom. The zero-order chi connectivity index (χ0) is 15.2. The lowest BCUT2D eigenvalue weighted by molar-refractivity contribution is -0.383. The van der Waals surface area contributed by atoms with Crippen molar-refractivity contribution in [1.29, 1.82) is 0 Å². The van der Waals surface area contributed by atoms with Gasteiger partial charge in [0.2, 0.25) is 0 Å². The number of hydrogen-bond donors (Lipinski definition) is 2. The normalized spacial score (nSPS) is 10.1. The monoisotopic (exact) mass is 287 g/mol. The minimum atomic E-state index is -0.491. The van der Waals surface area contributed by atoms with E-state index in [9.17, 15) is 10.1 Å². The van der Waals surface area contributed by atoms with Gasteiger partial charge in [-0.15, -0.1) is 0 Å². The average molecular weight is 287 g/mol. The maximum atomic E-state index is 10.7. The molecule has 0 heterocycles. The van der Waals surface area contributed by atoms with Gasteiger partial charge in [0.05, 0.1) is 12.0 Å². The van der Waals surface area contributed by atoms with Crippen LogP contribution in [0.2, 0.25) is 0 Å². The molecule has 0 unspecified atom stereocenters. The first-order valence-electron chi connectivity index (χ1n) is 6.51. The largest absolute Gasteiger partial charge is 0.497 e. The van der Waals surface area contributed by atoms with E-state index in [4.69, 9.17) is 10.5 Å². The number of anilines is 2. The van der Waals surface area contributed by atoms with Gasteiger partial charge in [0.25, 0.3) is 5.69 Å². The van der Waals surface area contributed by atoms with Crippen molar-refractivity contribution < 1.29 is 9.66 Å². The number of benzene rings is 2. The molecule has 6 heteroatoms. The molecule has 0 amide bonds. The van der Waals surface area contributed by atoms with E-state index in [0.29, 0.717) is 6.54 Å². The fraction of sp³-hybridized carbons (Fsp3) is 0.200. The molecule has 21 heavy (non-hydrogen) atoms. The van der Waals surface area contributed by atoms with E-state index < -0.39 is 4.92 Å². The van der Waals surface area contributed by atoms with Crippen LogP contribution >= 0.6 is 0 Å². The van der Waals surface area contributed by atoms with Crippen LogP contribution in [0.1, 0.15) is 5.56 Å². The van der Waals surface area contributed by atoms with E-state index >= 15 is 0 Å². The topological polar surface area (TPSA) is 90.4 Å². The van der Waals surface area contributed by atoms with Gasteiger partial charge in [0.15, 0.2) is 0 Å². The summed E-state index contributed by atoms with van der Waals surface area (Å²) in [6, 6.07) is 12.5. The van der Waals surface area contributed by atoms with E-state index in [2.05, 4.69) is 5.32 Å². The molecule has 0 aliphatic rings. The highest BCUT2D eigenvalue weighted by Crippen LogP contribution is 2.24. The first-order chi connectivity index (χ1) is 10.1. The highest BCUT2D eigenvalue weighted by Gasteiger charge is 2.10. The highest BCUT2D eigenvalue weighted by molar-refractivity contribution is 5.65. The molecule has 0 saturated heterocycles. The highest BCUT2D eigenvalue weighted by atomic mass is 16.6. The number of nitro benzene ring substituents is 1. The third-order valence-corrected chi connectivity index (χ3v) is 3.10. The van der Waals surface area contributed by atoms with Gasteiger partial charge < -0.3 is 15.8 Å². The lowest BCUT2D eigenvalue weighted by Gasteiger charge is -2.08. The van der Waals surface area contributed by atoms with Gasteiger partial charge >= 0.3 is 0 Å². The van der Waals surface area contributed by atoms with Crippen molar-refractivity contribution in [2.45, 2.75) is 6.42 Å². The fourth-order valence-electron chi connectivity index (χ4n) is 2.01. The predicted octanol–water partition coefficient (Wildman–Crippen LogP) is 2.84. The Balaban J connectivity index is 1.94. The Morgan fingerprint density at radius 1 is 1.29 bits per heavy atom. The summed E-state index contributed by atoms with van der Waals surface area (Å²) >= 11 is 0. The van der Waals surface area contributed by atoms with Gasteiger partial charge in [-0.25, -0.2) is 0 Å². The molecule has 2 aromatic carbocycles. The average Bonchev–Trinajstić information content (AvgIpc) is 2.47. The molecule has 2 aromatic rings. The molecular formula is C15H17N3O3. The van der Waals surface area contributed by atoms with Gasteiger partial charge in [0, 0.05) is 18.3 Å². The molecule has 0 saturated carbocycles. The van der Waals surface area contributed by atoms with E-state index in [-0.39, 0.29) is 11.4 Å². The van der Waals surface area contributed by atoms with Crippen LogP contribution in [0.25, 0.3) is 0 Å². The van der Waals surface area contributed by atoms with Crippen LogP contribution < -0.4 is 15.8 Å². The third-order valence-electron chi connectivity index (χ3n) is 3.10. The minimum absolute atomic E-state index is 0.0756. The molecule has 0 aromatic heterocycles. The van der Waals surface area contributed by atoms with Crippen LogP contribution in [0.5, 0.6) is 5.75 Å². The van der Waals surface area contributed by atoms with Crippen molar-refractivity contribution in [2.75, 3.05) is 24.7 Å². The van der Waals surface area contributed by atoms with E-state index in [1.54, 1.807) is 19.2 Å². The quantitative estimate of drug-likeness (QED) is 0.484. The minimum Gasteiger partial charge on any atom is -0.497 e. The Bertz CT molecular complexity index is 644. The molecule has 0 fully saturated rings. The number of hydrogen-bond acceptors (Lipinski definition) is 5. The molecule has 6 nitrogen and oxygen atoms in total. The number of methoxy groups -OCH3 is 1. The van der Waals surface area contributed by atoms with Gasteiger partial charge in [-0.1, -0.05) is 12.1 Å². The van der Waals surface area contributed by atoms with Crippen LogP contribution in [0.3, 0.4) is 0 Å². The summed E-state index contributed by atoms with van der Waals surface area (Å²) in [5.41, 5.74) is 7.64. The molecule has 0 aliphatic heterocycles. The van der Waals surface area contributed by atoms with E-state index in [1.807, 2.05) is 24.3 Å². The number of ether oxygens (including phenoxy) is 1. The lowest BCUT2D eigenvalue weighted by Crippen LogP contribution is -2.06. The second kappa shape index (κ2) is 6.60. The fourth-order valence-corrected chi connectivity index (χ4v) is 2.01. The van der Waals surface area contributed by atoms with Crippen molar-refractivity contribution in [1.82, 2.24) is 0 Å². The second-order valence-corrected chi connectivity index (χ2v) is 4.56. The Morgan fingerprint density at radius 3 is 2.76 bits per heavy atom. The number of nitrogens with zero attached hydrogens (tertiary/aromatic N) is 1. The van der Waals surface area contributed by atoms with Crippen molar-refractivity contribution >= 4 is 17.1 Å². The van der Waals surface area contributed by atoms with E-state index in [1.165, 1.54) is 6.07 Å². The molecule has 0 radical (unpaired) electrons. The zero-order valence-corrected chi connectivity index (χ0v) is 11.7. The molecule has 3 N–H and O–H groups in total. The molecule has 0 spiro atoms. The predicted molar refractivity (Wildman–Crippen MR) is 82.7 cm³/mol. The second-order valence-electron chi connectivity index (χ2n) is 4.56. The standard InChI is InChI=1S/C15H17N3O3/c1-21-13-4-2-3-11(9-13)7-8-17-12-5-6-15(18(19)20)14(16)10-12/h2-6,9-10,17H,7-8,16H2,1H3. The number of nitro groups is 1. The molecule has 0 bridgehead atoms. The maximum absolute atomic E-state index is 10.7. The summed E-state index contributed by atoms with van der Waals surface area (Å²) in [4.78, 5) is 10.2. The molecule has 2 rings (SSSR count). The first-order valence-corrected chi connectivity index (χ1v) is 6.51. The Labute approximate surface area is 122 Å². The maximum Gasteiger partial charge on any atom is 0.292 e. The zero-order valence-electron chi connectivity index (χ0n) is 11.7. The van der Waals surface area contributed by atoms with Crippen molar-refractivity contribution in [3.05, 3.63) is 58.1 Å². The van der Waals surface area contributed by atoms with Crippen LogP contribution in [0.15, 0.2) is 42.5 Å². The number of nitrogen functional groups attached to an aromatic ring is 1. The lowest BCUT2D eigenvalue weighted by atomic mass is 10.1. The molecule has 110 valence electrons. The number of nitrogens with one attached hydrogen (secondary N) is 1. The molecule has 0 aliphatic carbocycles. The SMILES string of the molecule is COc1cccc(CCNc2ccc([N+](=O)[O-])c(N)c2)c1. The van der Waals surface area contributed by atoms with Crippen LogP contribution in [-0.2, 0) is 6.42 Å². The first kappa shape index (κ1) is 14.6. The summed E-state index contributed by atoms with van der Waals surface area (Å²) in [5, 5.41) is 13.9. The van der Waals surface area contributed by atoms with Crippen LogP contribution in [-0.4, -0.2) is 18.6 Å². The van der Waals surface area contributed by atoms with Gasteiger partial charge in [0.1, 0.15) is 11.4 Å². The number of rotatable bonds is 6. The van der Waals surface area contributed by atoms with Crippen molar-refractivity contribution in [2.24, 2.45) is 0 Å². The van der Waals surface area contributed by atoms with Crippen molar-refractivity contribution in [3.63, 3.8) is 0 Å². The van der Waals surface area contributed by atoms with Gasteiger partial charge in [-0.2, -0.15) is 0 Å². The van der Waals surface area contributed by atoms with E-state index in [0.717, 1.165) is 23.4 Å². The van der Waals surface area contributed by atoms with Crippen molar-refractivity contribution in [3.8, 4) is 5.75 Å². The summed E-state index contributed by atoms with van der Waals surface area (Å²) in [6.45, 7) is 0.699. The van der Waals surface area contributed by atoms with Gasteiger partial charge in [-0.3, -0.25) is 10.1 Å².